The minimum absolute atomic E-state index is 0.123. The van der Waals surface area contributed by atoms with Gasteiger partial charge < -0.3 is 10.2 Å². The van der Waals surface area contributed by atoms with Gasteiger partial charge in [0, 0.05) is 30.5 Å². The summed E-state index contributed by atoms with van der Waals surface area (Å²) >= 11 is 3.45. The summed E-state index contributed by atoms with van der Waals surface area (Å²) in [6.07, 6.45) is 3.30. The monoisotopic (exact) mass is 565 g/mol. The van der Waals surface area contributed by atoms with Crippen molar-refractivity contribution in [1.29, 1.82) is 0 Å². The van der Waals surface area contributed by atoms with E-state index in [1.54, 1.807) is 24.0 Å². The summed E-state index contributed by atoms with van der Waals surface area (Å²) < 4.78 is 27.1. The molecule has 0 aliphatic rings. The van der Waals surface area contributed by atoms with Gasteiger partial charge in [0.15, 0.2) is 0 Å². The van der Waals surface area contributed by atoms with E-state index in [2.05, 4.69) is 21.2 Å². The van der Waals surface area contributed by atoms with Crippen LogP contribution in [0.4, 0.5) is 5.69 Å². The topological polar surface area (TPSA) is 86.8 Å². The van der Waals surface area contributed by atoms with Gasteiger partial charge in [-0.05, 0) is 61.6 Å². The Morgan fingerprint density at radius 1 is 1.06 bits per heavy atom. The number of hydrogen-bond donors (Lipinski definition) is 1. The van der Waals surface area contributed by atoms with Crippen LogP contribution in [0.3, 0.4) is 0 Å². The molecule has 0 aliphatic carbocycles. The highest BCUT2D eigenvalue weighted by Crippen LogP contribution is 2.21. The molecule has 0 aliphatic heterocycles. The van der Waals surface area contributed by atoms with Crippen LogP contribution in [0.2, 0.25) is 0 Å². The molecule has 1 N–H and O–H groups in total. The third kappa shape index (κ3) is 8.96. The van der Waals surface area contributed by atoms with Crippen molar-refractivity contribution in [2.24, 2.45) is 0 Å². The Labute approximate surface area is 218 Å². The van der Waals surface area contributed by atoms with Crippen LogP contribution in [-0.2, 0) is 32.6 Å². The van der Waals surface area contributed by atoms with Crippen molar-refractivity contribution in [3.8, 4) is 0 Å². The van der Waals surface area contributed by atoms with Crippen LogP contribution in [0.5, 0.6) is 0 Å². The number of benzene rings is 2. The van der Waals surface area contributed by atoms with Gasteiger partial charge in [0.2, 0.25) is 21.8 Å². The normalized spacial score (nSPS) is 12.1. The van der Waals surface area contributed by atoms with E-state index in [1.165, 1.54) is 10.6 Å². The highest BCUT2D eigenvalue weighted by molar-refractivity contribution is 9.10. The maximum Gasteiger partial charge on any atom is 0.242 e. The number of anilines is 1. The molecule has 7 nitrogen and oxygen atoms in total. The maximum absolute atomic E-state index is 13.3. The van der Waals surface area contributed by atoms with Gasteiger partial charge in [-0.2, -0.15) is 0 Å². The minimum Gasteiger partial charge on any atom is -0.354 e. The molecule has 0 bridgehead atoms. The number of halogens is 1. The molecule has 2 amide bonds. The first-order valence-corrected chi connectivity index (χ1v) is 14.6. The first-order chi connectivity index (χ1) is 16.6. The second-order valence-corrected chi connectivity index (χ2v) is 11.4. The van der Waals surface area contributed by atoms with Gasteiger partial charge in [0.1, 0.15) is 6.04 Å². The summed E-state index contributed by atoms with van der Waals surface area (Å²) in [7, 11) is -3.51. The number of rotatable bonds is 13. The SMILES string of the molecule is CCCNC(=O)C(C)N(Cc1cccc(Br)c1)C(=O)CCCN(c1ccc(CC)cc1)S(C)(=O)=O. The van der Waals surface area contributed by atoms with Crippen LogP contribution < -0.4 is 9.62 Å². The number of carbonyl (C=O) groups is 2. The van der Waals surface area contributed by atoms with E-state index in [1.807, 2.05) is 50.2 Å². The van der Waals surface area contributed by atoms with Crippen molar-refractivity contribution in [3.05, 3.63) is 64.1 Å². The summed E-state index contributed by atoms with van der Waals surface area (Å²) in [5, 5.41) is 2.86. The third-order valence-corrected chi connectivity index (χ3v) is 7.43. The summed E-state index contributed by atoms with van der Waals surface area (Å²) in [4.78, 5) is 27.5. The lowest BCUT2D eigenvalue weighted by Crippen LogP contribution is -2.47. The molecule has 2 rings (SSSR count). The molecule has 9 heteroatoms. The largest absolute Gasteiger partial charge is 0.354 e. The Morgan fingerprint density at radius 3 is 2.31 bits per heavy atom. The van der Waals surface area contributed by atoms with E-state index in [-0.39, 0.29) is 31.3 Å². The fourth-order valence-corrected chi connectivity index (χ4v) is 5.12. The number of amides is 2. The van der Waals surface area contributed by atoms with Gasteiger partial charge in [-0.1, -0.05) is 54.0 Å². The molecule has 0 fully saturated rings. The van der Waals surface area contributed by atoms with E-state index < -0.39 is 16.1 Å². The zero-order valence-electron chi connectivity index (χ0n) is 21.0. The molecular formula is C26H36BrN3O4S. The molecule has 35 heavy (non-hydrogen) atoms. The van der Waals surface area contributed by atoms with E-state index in [4.69, 9.17) is 0 Å². The smallest absolute Gasteiger partial charge is 0.242 e. The van der Waals surface area contributed by atoms with Crippen molar-refractivity contribution in [1.82, 2.24) is 10.2 Å². The van der Waals surface area contributed by atoms with E-state index in [0.717, 1.165) is 28.4 Å². The van der Waals surface area contributed by atoms with Crippen molar-refractivity contribution < 1.29 is 18.0 Å². The molecular weight excluding hydrogens is 530 g/mol. The minimum atomic E-state index is -3.51. The van der Waals surface area contributed by atoms with Gasteiger partial charge in [-0.15, -0.1) is 0 Å². The second kappa shape index (κ2) is 13.6. The van der Waals surface area contributed by atoms with Crippen LogP contribution in [0.15, 0.2) is 53.0 Å². The molecule has 192 valence electrons. The lowest BCUT2D eigenvalue weighted by Gasteiger charge is -2.29. The van der Waals surface area contributed by atoms with Gasteiger partial charge in [0.25, 0.3) is 0 Å². The van der Waals surface area contributed by atoms with Gasteiger partial charge in [0.05, 0.1) is 11.9 Å². The number of nitrogens with zero attached hydrogens (tertiary/aromatic N) is 2. The van der Waals surface area contributed by atoms with Crippen LogP contribution in [0.25, 0.3) is 0 Å². The molecule has 0 heterocycles. The average Bonchev–Trinajstić information content (AvgIpc) is 2.82. The molecule has 0 aromatic heterocycles. The van der Waals surface area contributed by atoms with E-state index >= 15 is 0 Å². The molecule has 0 radical (unpaired) electrons. The molecule has 1 atom stereocenters. The van der Waals surface area contributed by atoms with Crippen LogP contribution in [0, 0.1) is 0 Å². The fraction of sp³-hybridized carbons (Fsp3) is 0.462. The highest BCUT2D eigenvalue weighted by atomic mass is 79.9. The molecule has 0 saturated heterocycles. The fourth-order valence-electron chi connectivity index (χ4n) is 3.71. The lowest BCUT2D eigenvalue weighted by molar-refractivity contribution is -0.140. The first kappa shape index (κ1) is 28.8. The number of hydrogen-bond acceptors (Lipinski definition) is 4. The Hall–Kier alpha value is -2.39. The average molecular weight is 567 g/mol. The van der Waals surface area contributed by atoms with Crippen molar-refractivity contribution in [2.75, 3.05) is 23.7 Å². The molecule has 2 aromatic rings. The quantitative estimate of drug-likeness (QED) is 0.387. The summed E-state index contributed by atoms with van der Waals surface area (Å²) in [6.45, 7) is 6.74. The summed E-state index contributed by atoms with van der Waals surface area (Å²) in [6, 6.07) is 14.4. The Morgan fingerprint density at radius 2 is 1.74 bits per heavy atom. The second-order valence-electron chi connectivity index (χ2n) is 8.58. The van der Waals surface area contributed by atoms with E-state index in [0.29, 0.717) is 18.7 Å². The number of aryl methyl sites for hydroxylation is 1. The van der Waals surface area contributed by atoms with Crippen molar-refractivity contribution in [2.45, 2.75) is 59.0 Å². The molecule has 2 aromatic carbocycles. The maximum atomic E-state index is 13.3. The van der Waals surface area contributed by atoms with Crippen LogP contribution >= 0.6 is 15.9 Å². The Bertz CT molecular complexity index is 1090. The molecule has 1 unspecified atom stereocenters. The standard InChI is InChI=1S/C26H36BrN3O4S/c1-5-16-28-26(32)20(3)29(19-22-9-7-10-23(27)18-22)25(31)11-8-17-30(35(4,33)34)24-14-12-21(6-2)13-15-24/h7,9-10,12-15,18,20H,5-6,8,11,16-17,19H2,1-4H3,(H,28,32). The summed E-state index contributed by atoms with van der Waals surface area (Å²) in [5.41, 5.74) is 2.60. The van der Waals surface area contributed by atoms with Crippen LogP contribution in [0.1, 0.15) is 51.2 Å². The Kier molecular flexibility index (Phi) is 11.2. The number of carbonyl (C=O) groups excluding carboxylic acids is 2. The van der Waals surface area contributed by atoms with Gasteiger partial charge in [-0.25, -0.2) is 8.42 Å². The lowest BCUT2D eigenvalue weighted by atomic mass is 10.1. The number of sulfonamides is 1. The van der Waals surface area contributed by atoms with Gasteiger partial charge >= 0.3 is 0 Å². The van der Waals surface area contributed by atoms with Crippen molar-refractivity contribution in [3.63, 3.8) is 0 Å². The molecule has 0 saturated carbocycles. The summed E-state index contributed by atoms with van der Waals surface area (Å²) in [5.74, 6) is -0.400. The third-order valence-electron chi connectivity index (χ3n) is 5.74. The number of nitrogens with one attached hydrogen (secondary N) is 1. The zero-order chi connectivity index (χ0) is 26.0. The Balaban J connectivity index is 2.14. The predicted octanol–water partition coefficient (Wildman–Crippen LogP) is 4.50. The van der Waals surface area contributed by atoms with Crippen LogP contribution in [-0.4, -0.2) is 50.5 Å². The van der Waals surface area contributed by atoms with Gasteiger partial charge in [-0.3, -0.25) is 13.9 Å². The zero-order valence-corrected chi connectivity index (χ0v) is 23.4. The van der Waals surface area contributed by atoms with E-state index in [9.17, 15) is 18.0 Å². The first-order valence-electron chi connectivity index (χ1n) is 11.9. The highest BCUT2D eigenvalue weighted by Gasteiger charge is 2.26. The van der Waals surface area contributed by atoms with Crippen molar-refractivity contribution >= 4 is 43.5 Å². The predicted molar refractivity (Wildman–Crippen MR) is 145 cm³/mol. The molecule has 0 spiro atoms.